The van der Waals surface area contributed by atoms with Crippen LogP contribution in [0.2, 0.25) is 0 Å². The van der Waals surface area contributed by atoms with Gasteiger partial charge in [0.25, 0.3) is 0 Å². The minimum atomic E-state index is -0.962. The maximum atomic E-state index is 12.6. The number of nitrogens with two attached hydrogens (primary N) is 1. The molecule has 0 aromatic rings. The maximum absolute atomic E-state index is 12.6. The van der Waals surface area contributed by atoms with E-state index in [0.717, 1.165) is 0 Å². The number of carbonyl (C=O) groups excluding carboxylic acids is 1. The number of rotatable bonds is 2. The van der Waals surface area contributed by atoms with Crippen molar-refractivity contribution in [3.63, 3.8) is 0 Å². The maximum Gasteiger partial charge on any atom is 0.327 e. The van der Waals surface area contributed by atoms with Crippen LogP contribution in [0.1, 0.15) is 13.8 Å². The number of amides is 1. The number of carboxylic acids is 1. The van der Waals surface area contributed by atoms with Gasteiger partial charge in [0.15, 0.2) is 0 Å². The topological polar surface area (TPSA) is 92.9 Å². The third kappa shape index (κ3) is 2.00. The van der Waals surface area contributed by atoms with E-state index in [9.17, 15) is 14.7 Å². The van der Waals surface area contributed by atoms with Gasteiger partial charge in [0, 0.05) is 11.8 Å². The van der Waals surface area contributed by atoms with E-state index in [1.54, 1.807) is 6.92 Å². The Morgan fingerprint density at radius 1 is 1.56 bits per heavy atom. The van der Waals surface area contributed by atoms with E-state index in [0.29, 0.717) is 12.4 Å². The fourth-order valence-corrected chi connectivity index (χ4v) is 3.51. The van der Waals surface area contributed by atoms with Crippen molar-refractivity contribution >= 4 is 23.6 Å². The summed E-state index contributed by atoms with van der Waals surface area (Å²) in [5.41, 5.74) is 5.11. The average molecular weight is 274 g/mol. The van der Waals surface area contributed by atoms with Crippen molar-refractivity contribution in [1.29, 1.82) is 0 Å². The van der Waals surface area contributed by atoms with Crippen molar-refractivity contribution in [1.82, 2.24) is 4.90 Å². The van der Waals surface area contributed by atoms with E-state index in [1.165, 1.54) is 16.7 Å². The first kappa shape index (κ1) is 13.6. The molecule has 7 heteroatoms. The number of hydrogen-bond donors (Lipinski definition) is 2. The van der Waals surface area contributed by atoms with Crippen molar-refractivity contribution in [3.05, 3.63) is 0 Å². The molecule has 2 aliphatic heterocycles. The first-order valence-corrected chi connectivity index (χ1v) is 6.93. The number of carboxylic acid groups (broad SMARTS) is 1. The van der Waals surface area contributed by atoms with Crippen molar-refractivity contribution < 1.29 is 19.4 Å². The van der Waals surface area contributed by atoms with Crippen LogP contribution in [0.5, 0.6) is 0 Å². The summed E-state index contributed by atoms with van der Waals surface area (Å²) < 4.78 is 5.26. The Morgan fingerprint density at radius 2 is 2.22 bits per heavy atom. The SMILES string of the molecule is CC1SCC(C(=O)O)N1C(=O)C1(C)COCC1N. The fraction of sp³-hybridized carbons (Fsp3) is 0.818. The van der Waals surface area contributed by atoms with Gasteiger partial charge in [-0.1, -0.05) is 0 Å². The zero-order valence-corrected chi connectivity index (χ0v) is 11.3. The lowest BCUT2D eigenvalue weighted by molar-refractivity contribution is -0.154. The molecule has 18 heavy (non-hydrogen) atoms. The predicted molar refractivity (Wildman–Crippen MR) is 67.1 cm³/mol. The molecule has 4 atom stereocenters. The predicted octanol–water partition coefficient (Wildman–Crippen LogP) is -0.275. The summed E-state index contributed by atoms with van der Waals surface area (Å²) in [6.45, 7) is 4.19. The Hall–Kier alpha value is -0.790. The Bertz CT molecular complexity index is 378. The second-order valence-corrected chi connectivity index (χ2v) is 6.39. The molecule has 2 heterocycles. The summed E-state index contributed by atoms with van der Waals surface area (Å²) in [6, 6.07) is -1.14. The minimum Gasteiger partial charge on any atom is -0.480 e. The molecule has 0 bridgehead atoms. The molecule has 0 radical (unpaired) electrons. The molecular weight excluding hydrogens is 256 g/mol. The van der Waals surface area contributed by atoms with E-state index in [-0.39, 0.29) is 23.9 Å². The van der Waals surface area contributed by atoms with Gasteiger partial charge in [-0.3, -0.25) is 4.79 Å². The molecule has 0 saturated carbocycles. The Kier molecular flexibility index (Phi) is 3.57. The molecular formula is C11H18N2O4S. The second kappa shape index (κ2) is 4.71. The number of nitrogens with zero attached hydrogens (tertiary/aromatic N) is 1. The lowest BCUT2D eigenvalue weighted by Gasteiger charge is -2.34. The molecule has 0 aromatic carbocycles. The van der Waals surface area contributed by atoms with Crippen LogP contribution in [-0.2, 0) is 14.3 Å². The highest BCUT2D eigenvalue weighted by Crippen LogP contribution is 2.36. The summed E-state index contributed by atoms with van der Waals surface area (Å²) in [6.07, 6.45) is 0. The number of thioether (sulfide) groups is 1. The van der Waals surface area contributed by atoms with E-state index in [2.05, 4.69) is 0 Å². The van der Waals surface area contributed by atoms with Gasteiger partial charge in [-0.05, 0) is 13.8 Å². The van der Waals surface area contributed by atoms with Gasteiger partial charge in [-0.15, -0.1) is 11.8 Å². The van der Waals surface area contributed by atoms with Crippen LogP contribution in [0.3, 0.4) is 0 Å². The first-order valence-electron chi connectivity index (χ1n) is 5.88. The Labute approximate surface area is 110 Å². The fourth-order valence-electron chi connectivity index (χ4n) is 2.35. The highest BCUT2D eigenvalue weighted by molar-refractivity contribution is 8.00. The van der Waals surface area contributed by atoms with E-state index < -0.39 is 17.4 Å². The van der Waals surface area contributed by atoms with Gasteiger partial charge < -0.3 is 20.5 Å². The molecule has 102 valence electrons. The van der Waals surface area contributed by atoms with Crippen molar-refractivity contribution in [2.24, 2.45) is 11.1 Å². The number of carbonyl (C=O) groups is 2. The van der Waals surface area contributed by atoms with Crippen molar-refractivity contribution in [2.75, 3.05) is 19.0 Å². The standard InChI is InChI=1S/C11H18N2O4S/c1-6-13(7(4-18-6)9(14)15)10(16)11(2)5-17-3-8(11)12/h6-8H,3-5,12H2,1-2H3,(H,14,15). The van der Waals surface area contributed by atoms with E-state index in [1.807, 2.05) is 6.92 Å². The van der Waals surface area contributed by atoms with Crippen molar-refractivity contribution in [2.45, 2.75) is 31.3 Å². The highest BCUT2D eigenvalue weighted by atomic mass is 32.2. The largest absolute Gasteiger partial charge is 0.480 e. The van der Waals surface area contributed by atoms with Gasteiger partial charge >= 0.3 is 5.97 Å². The summed E-state index contributed by atoms with van der Waals surface area (Å²) in [5, 5.41) is 9.04. The van der Waals surface area contributed by atoms with Crippen LogP contribution in [0, 0.1) is 5.41 Å². The molecule has 4 unspecified atom stereocenters. The molecule has 0 aromatic heterocycles. The molecule has 2 saturated heterocycles. The molecule has 0 aliphatic carbocycles. The number of ether oxygens (including phenoxy) is 1. The van der Waals surface area contributed by atoms with Crippen molar-refractivity contribution in [3.8, 4) is 0 Å². The number of hydrogen-bond acceptors (Lipinski definition) is 5. The lowest BCUT2D eigenvalue weighted by Crippen LogP contribution is -2.56. The molecule has 2 aliphatic rings. The summed E-state index contributed by atoms with van der Waals surface area (Å²) >= 11 is 1.47. The van der Waals surface area contributed by atoms with Gasteiger partial charge in [-0.2, -0.15) is 0 Å². The molecule has 3 N–H and O–H groups in total. The zero-order chi connectivity index (χ0) is 13.5. The average Bonchev–Trinajstić information content (AvgIpc) is 2.83. The molecule has 1 amide bonds. The summed E-state index contributed by atoms with van der Waals surface area (Å²) in [4.78, 5) is 25.2. The van der Waals surface area contributed by atoms with Crippen LogP contribution >= 0.6 is 11.8 Å². The molecule has 2 rings (SSSR count). The van der Waals surface area contributed by atoms with Crippen LogP contribution in [-0.4, -0.2) is 58.3 Å². The number of aliphatic carboxylic acids is 1. The lowest BCUT2D eigenvalue weighted by atomic mass is 9.84. The highest BCUT2D eigenvalue weighted by Gasteiger charge is 2.51. The molecule has 2 fully saturated rings. The van der Waals surface area contributed by atoms with Crippen LogP contribution in [0.25, 0.3) is 0 Å². The third-order valence-corrected chi connectivity index (χ3v) is 4.97. The van der Waals surface area contributed by atoms with E-state index >= 15 is 0 Å². The van der Waals surface area contributed by atoms with Crippen LogP contribution < -0.4 is 5.73 Å². The molecule has 6 nitrogen and oxygen atoms in total. The van der Waals surface area contributed by atoms with E-state index in [4.69, 9.17) is 10.5 Å². The van der Waals surface area contributed by atoms with Gasteiger partial charge in [0.2, 0.25) is 5.91 Å². The van der Waals surface area contributed by atoms with Crippen LogP contribution in [0.4, 0.5) is 0 Å². The smallest absolute Gasteiger partial charge is 0.327 e. The van der Waals surface area contributed by atoms with Gasteiger partial charge in [0.05, 0.1) is 24.0 Å². The Morgan fingerprint density at radius 3 is 2.72 bits per heavy atom. The third-order valence-electron chi connectivity index (χ3n) is 3.75. The molecule has 0 spiro atoms. The Balaban J connectivity index is 2.24. The summed E-state index contributed by atoms with van der Waals surface area (Å²) in [7, 11) is 0. The van der Waals surface area contributed by atoms with Gasteiger partial charge in [0.1, 0.15) is 6.04 Å². The van der Waals surface area contributed by atoms with Crippen LogP contribution in [0.15, 0.2) is 0 Å². The summed E-state index contributed by atoms with van der Waals surface area (Å²) in [5.74, 6) is -0.747. The quantitative estimate of drug-likeness (QED) is 0.720. The zero-order valence-electron chi connectivity index (χ0n) is 10.5. The first-order chi connectivity index (χ1) is 8.38. The minimum absolute atomic E-state index is 0.136. The normalized spacial score (nSPS) is 40.2. The second-order valence-electron chi connectivity index (χ2n) is 5.04. The van der Waals surface area contributed by atoms with Gasteiger partial charge in [-0.25, -0.2) is 4.79 Å². The monoisotopic (exact) mass is 274 g/mol.